The maximum Gasteiger partial charge on any atom is 0.169 e. The van der Waals surface area contributed by atoms with Crippen molar-refractivity contribution in [3.8, 4) is 5.75 Å². The highest BCUT2D eigenvalue weighted by Gasteiger charge is 2.18. The Balaban J connectivity index is 1.60. The van der Waals surface area contributed by atoms with Crippen molar-refractivity contribution in [1.82, 2.24) is 15.1 Å². The van der Waals surface area contributed by atoms with Crippen LogP contribution in [-0.4, -0.2) is 67.5 Å². The molecule has 3 rings (SSSR count). The second kappa shape index (κ2) is 13.1. The Labute approximate surface area is 188 Å². The molecular formula is C24H39N3O2S. The lowest BCUT2D eigenvalue weighted by molar-refractivity contribution is 0.0367. The van der Waals surface area contributed by atoms with Crippen LogP contribution in [0.2, 0.25) is 0 Å². The van der Waals surface area contributed by atoms with Gasteiger partial charge >= 0.3 is 0 Å². The lowest BCUT2D eigenvalue weighted by Crippen LogP contribution is -2.45. The van der Waals surface area contributed by atoms with Gasteiger partial charge in [-0.3, -0.25) is 4.90 Å². The number of nitrogens with one attached hydrogen (secondary N) is 1. The van der Waals surface area contributed by atoms with Gasteiger partial charge in [0, 0.05) is 44.3 Å². The number of hydrogen-bond acceptors (Lipinski definition) is 4. The fraction of sp³-hybridized carbons (Fsp3) is 0.708. The molecule has 1 aromatic rings. The van der Waals surface area contributed by atoms with Crippen LogP contribution in [0, 0.1) is 0 Å². The van der Waals surface area contributed by atoms with Crippen molar-refractivity contribution in [1.29, 1.82) is 0 Å². The van der Waals surface area contributed by atoms with Gasteiger partial charge in [-0.2, -0.15) is 0 Å². The minimum Gasteiger partial charge on any atom is -0.496 e. The number of morpholine rings is 1. The first-order valence-corrected chi connectivity index (χ1v) is 12.1. The molecule has 0 bridgehead atoms. The molecule has 0 aromatic heterocycles. The number of benzene rings is 1. The maximum absolute atomic E-state index is 5.92. The zero-order valence-corrected chi connectivity index (χ0v) is 19.4. The van der Waals surface area contributed by atoms with Crippen LogP contribution in [0.15, 0.2) is 24.3 Å². The Hall–Kier alpha value is -1.37. The van der Waals surface area contributed by atoms with E-state index in [1.165, 1.54) is 50.5 Å². The fourth-order valence-electron chi connectivity index (χ4n) is 4.47. The Bertz CT molecular complexity index is 629. The normalized spacial score (nSPS) is 19.0. The highest BCUT2D eigenvalue weighted by atomic mass is 32.1. The number of thiocarbonyl (C=S) groups is 1. The van der Waals surface area contributed by atoms with E-state index in [9.17, 15) is 0 Å². The average Bonchev–Trinajstić information content (AvgIpc) is 2.76. The predicted octanol–water partition coefficient (Wildman–Crippen LogP) is 4.21. The van der Waals surface area contributed by atoms with E-state index in [1.807, 2.05) is 12.1 Å². The number of para-hydroxylation sites is 1. The van der Waals surface area contributed by atoms with E-state index < -0.39 is 0 Å². The van der Waals surface area contributed by atoms with Crippen LogP contribution in [0.5, 0.6) is 5.75 Å². The summed E-state index contributed by atoms with van der Waals surface area (Å²) in [5.41, 5.74) is 1.19. The molecule has 1 N–H and O–H groups in total. The van der Waals surface area contributed by atoms with Crippen LogP contribution >= 0.6 is 12.2 Å². The third-order valence-corrected chi connectivity index (χ3v) is 6.66. The molecule has 1 aliphatic heterocycles. The van der Waals surface area contributed by atoms with Gasteiger partial charge in [-0.15, -0.1) is 0 Å². The van der Waals surface area contributed by atoms with E-state index in [4.69, 9.17) is 21.7 Å². The van der Waals surface area contributed by atoms with Crippen molar-refractivity contribution >= 4 is 17.3 Å². The van der Waals surface area contributed by atoms with Gasteiger partial charge in [-0.25, -0.2) is 0 Å². The van der Waals surface area contributed by atoms with Crippen LogP contribution in [-0.2, 0) is 11.3 Å². The average molecular weight is 434 g/mol. The minimum atomic E-state index is 0.511. The summed E-state index contributed by atoms with van der Waals surface area (Å²) in [5, 5.41) is 4.61. The molecule has 0 unspecified atom stereocenters. The Kier molecular flexibility index (Phi) is 10.2. The van der Waals surface area contributed by atoms with Crippen LogP contribution in [0.25, 0.3) is 0 Å². The number of nitrogens with zero attached hydrogens (tertiary/aromatic N) is 2. The molecule has 0 amide bonds. The lowest BCUT2D eigenvalue weighted by Gasteiger charge is -2.32. The van der Waals surface area contributed by atoms with E-state index in [0.717, 1.165) is 63.2 Å². The van der Waals surface area contributed by atoms with E-state index in [2.05, 4.69) is 27.2 Å². The van der Waals surface area contributed by atoms with Gasteiger partial charge in [0.1, 0.15) is 5.75 Å². The topological polar surface area (TPSA) is 37.0 Å². The second-order valence-electron chi connectivity index (χ2n) is 8.53. The summed E-state index contributed by atoms with van der Waals surface area (Å²) < 4.78 is 11.1. The molecular weight excluding hydrogens is 394 g/mol. The molecule has 2 aliphatic rings. The standard InChI is InChI=1S/C24H39N3O2S/c1-28-23-13-8-7-10-21(23)20-27(15-9-14-26-16-18-29-19-17-26)24(30)25-22-11-5-3-2-4-6-12-22/h7-8,10,13,22H,2-6,9,11-12,14-20H2,1H3,(H,25,30). The largest absolute Gasteiger partial charge is 0.496 e. The Morgan fingerprint density at radius 2 is 1.83 bits per heavy atom. The number of hydrogen-bond donors (Lipinski definition) is 1. The maximum atomic E-state index is 5.92. The van der Waals surface area contributed by atoms with Gasteiger partial charge in [0.15, 0.2) is 5.11 Å². The van der Waals surface area contributed by atoms with Crippen molar-refractivity contribution < 1.29 is 9.47 Å². The monoisotopic (exact) mass is 433 g/mol. The molecule has 1 saturated heterocycles. The predicted molar refractivity (Wildman–Crippen MR) is 127 cm³/mol. The molecule has 168 valence electrons. The van der Waals surface area contributed by atoms with Crippen LogP contribution < -0.4 is 10.1 Å². The molecule has 0 atom stereocenters. The second-order valence-corrected chi connectivity index (χ2v) is 8.92. The molecule has 1 aromatic carbocycles. The summed E-state index contributed by atoms with van der Waals surface area (Å²) in [4.78, 5) is 4.84. The summed E-state index contributed by atoms with van der Waals surface area (Å²) in [6.45, 7) is 6.62. The van der Waals surface area contributed by atoms with Gasteiger partial charge < -0.3 is 19.7 Å². The molecule has 1 heterocycles. The van der Waals surface area contributed by atoms with Gasteiger partial charge in [-0.05, 0) is 37.5 Å². The first kappa shape index (κ1) is 23.3. The summed E-state index contributed by atoms with van der Waals surface area (Å²) in [6.07, 6.45) is 10.3. The highest BCUT2D eigenvalue weighted by Crippen LogP contribution is 2.21. The van der Waals surface area contributed by atoms with Gasteiger partial charge in [0.2, 0.25) is 0 Å². The quantitative estimate of drug-likeness (QED) is 0.619. The van der Waals surface area contributed by atoms with E-state index >= 15 is 0 Å². The highest BCUT2D eigenvalue weighted by molar-refractivity contribution is 7.80. The van der Waals surface area contributed by atoms with E-state index in [1.54, 1.807) is 7.11 Å². The zero-order chi connectivity index (χ0) is 21.0. The fourth-order valence-corrected chi connectivity index (χ4v) is 4.79. The first-order chi connectivity index (χ1) is 14.8. The van der Waals surface area contributed by atoms with Crippen molar-refractivity contribution in [3.05, 3.63) is 29.8 Å². The summed E-state index contributed by atoms with van der Waals surface area (Å²) in [6, 6.07) is 8.79. The first-order valence-electron chi connectivity index (χ1n) is 11.7. The minimum absolute atomic E-state index is 0.511. The van der Waals surface area contributed by atoms with Crippen molar-refractivity contribution in [2.24, 2.45) is 0 Å². The third kappa shape index (κ3) is 7.71. The number of ether oxygens (including phenoxy) is 2. The zero-order valence-electron chi connectivity index (χ0n) is 18.6. The Morgan fingerprint density at radius 3 is 2.57 bits per heavy atom. The van der Waals surface area contributed by atoms with Gasteiger partial charge in [-0.1, -0.05) is 50.3 Å². The summed E-state index contributed by atoms with van der Waals surface area (Å²) in [5.74, 6) is 0.935. The molecule has 6 heteroatoms. The van der Waals surface area contributed by atoms with Crippen molar-refractivity contribution in [2.75, 3.05) is 46.5 Å². The van der Waals surface area contributed by atoms with Gasteiger partial charge in [0.25, 0.3) is 0 Å². The number of rotatable bonds is 8. The van der Waals surface area contributed by atoms with Crippen molar-refractivity contribution in [2.45, 2.75) is 64.0 Å². The lowest BCUT2D eigenvalue weighted by atomic mass is 9.97. The molecule has 30 heavy (non-hydrogen) atoms. The van der Waals surface area contributed by atoms with Crippen LogP contribution in [0.4, 0.5) is 0 Å². The summed E-state index contributed by atoms with van der Waals surface area (Å²) in [7, 11) is 1.74. The van der Waals surface area contributed by atoms with Crippen molar-refractivity contribution in [3.63, 3.8) is 0 Å². The van der Waals surface area contributed by atoms with Gasteiger partial charge in [0.05, 0.1) is 20.3 Å². The summed E-state index contributed by atoms with van der Waals surface area (Å²) >= 11 is 5.92. The molecule has 1 saturated carbocycles. The van der Waals surface area contributed by atoms with Crippen LogP contribution in [0.3, 0.4) is 0 Å². The van der Waals surface area contributed by atoms with E-state index in [-0.39, 0.29) is 0 Å². The SMILES string of the molecule is COc1ccccc1CN(CCCN1CCOCC1)C(=S)NC1CCCCCCC1. The molecule has 0 radical (unpaired) electrons. The number of methoxy groups -OCH3 is 1. The third-order valence-electron chi connectivity index (χ3n) is 6.28. The smallest absolute Gasteiger partial charge is 0.169 e. The Morgan fingerprint density at radius 1 is 1.13 bits per heavy atom. The van der Waals surface area contributed by atoms with Crippen LogP contribution in [0.1, 0.15) is 56.9 Å². The molecule has 5 nitrogen and oxygen atoms in total. The van der Waals surface area contributed by atoms with E-state index in [0.29, 0.717) is 6.04 Å². The molecule has 1 aliphatic carbocycles. The molecule has 0 spiro atoms. The molecule has 2 fully saturated rings.